The maximum atomic E-state index is 12.0. The van der Waals surface area contributed by atoms with E-state index in [1.54, 1.807) is 34.7 Å². The average molecular weight is 327 g/mol. The topological polar surface area (TPSA) is 57.6 Å². The van der Waals surface area contributed by atoms with Crippen LogP contribution in [0, 0.1) is 0 Å². The lowest BCUT2D eigenvalue weighted by Gasteiger charge is -2.15. The van der Waals surface area contributed by atoms with Gasteiger partial charge in [-0.25, -0.2) is 4.79 Å². The number of nitrogens with zero attached hydrogens (tertiary/aromatic N) is 1. The molecule has 1 N–H and O–H groups in total. The van der Waals surface area contributed by atoms with E-state index in [4.69, 9.17) is 5.11 Å². The zero-order valence-corrected chi connectivity index (χ0v) is 13.2. The van der Waals surface area contributed by atoms with Gasteiger partial charge in [-0.3, -0.25) is 4.79 Å². The van der Waals surface area contributed by atoms with Crippen LogP contribution in [-0.2, 0) is 11.3 Å². The van der Waals surface area contributed by atoms with Crippen LogP contribution in [0.15, 0.2) is 33.9 Å². The summed E-state index contributed by atoms with van der Waals surface area (Å²) in [6.45, 7) is 0.612. The molecule has 0 aromatic carbocycles. The standard InChI is InChI=1S/C13H13NO3S3/c1-14(6-9-3-2-4-18-9)12(15)8-19-10-5-11(13(16)17)20-7-10/h2-5,7H,6,8H2,1H3,(H,16,17). The van der Waals surface area contributed by atoms with E-state index in [1.807, 2.05) is 17.5 Å². The van der Waals surface area contributed by atoms with Gasteiger partial charge in [0.2, 0.25) is 5.91 Å². The van der Waals surface area contributed by atoms with Gasteiger partial charge in [0.25, 0.3) is 0 Å². The van der Waals surface area contributed by atoms with E-state index in [-0.39, 0.29) is 5.91 Å². The van der Waals surface area contributed by atoms with Crippen molar-refractivity contribution in [1.82, 2.24) is 4.90 Å². The van der Waals surface area contributed by atoms with E-state index in [0.717, 1.165) is 9.77 Å². The summed E-state index contributed by atoms with van der Waals surface area (Å²) in [5, 5.41) is 12.6. The highest BCUT2D eigenvalue weighted by Gasteiger charge is 2.12. The number of thiophene rings is 2. The number of carboxylic acids is 1. The highest BCUT2D eigenvalue weighted by Crippen LogP contribution is 2.25. The third-order valence-corrected chi connectivity index (χ3v) is 5.44. The number of carbonyl (C=O) groups excluding carboxylic acids is 1. The molecule has 0 saturated heterocycles. The Hall–Kier alpha value is -1.31. The molecule has 0 aliphatic heterocycles. The SMILES string of the molecule is CN(Cc1cccs1)C(=O)CSc1csc(C(=O)O)c1. The number of carbonyl (C=O) groups is 2. The van der Waals surface area contributed by atoms with Crippen LogP contribution in [-0.4, -0.2) is 34.7 Å². The Balaban J connectivity index is 1.83. The summed E-state index contributed by atoms with van der Waals surface area (Å²) in [6, 6.07) is 5.57. The van der Waals surface area contributed by atoms with E-state index >= 15 is 0 Å². The van der Waals surface area contributed by atoms with Gasteiger partial charge in [-0.1, -0.05) is 6.07 Å². The van der Waals surface area contributed by atoms with E-state index in [1.165, 1.54) is 23.1 Å². The predicted molar refractivity (Wildman–Crippen MR) is 82.8 cm³/mol. The number of rotatable bonds is 6. The zero-order chi connectivity index (χ0) is 14.5. The van der Waals surface area contributed by atoms with Crippen LogP contribution in [0.1, 0.15) is 14.5 Å². The van der Waals surface area contributed by atoms with Crippen molar-refractivity contribution in [2.45, 2.75) is 11.4 Å². The molecule has 2 rings (SSSR count). The van der Waals surface area contributed by atoms with Crippen molar-refractivity contribution in [2.24, 2.45) is 0 Å². The molecule has 2 aromatic heterocycles. The van der Waals surface area contributed by atoms with Crippen LogP contribution in [0.25, 0.3) is 0 Å². The maximum absolute atomic E-state index is 12.0. The monoisotopic (exact) mass is 327 g/mol. The number of carboxylic acid groups (broad SMARTS) is 1. The molecule has 106 valence electrons. The molecule has 0 radical (unpaired) electrons. The summed E-state index contributed by atoms with van der Waals surface area (Å²) < 4.78 is 0. The minimum absolute atomic E-state index is 0.0338. The highest BCUT2D eigenvalue weighted by atomic mass is 32.2. The van der Waals surface area contributed by atoms with Crippen molar-refractivity contribution < 1.29 is 14.7 Å². The highest BCUT2D eigenvalue weighted by molar-refractivity contribution is 8.00. The maximum Gasteiger partial charge on any atom is 0.345 e. The molecule has 0 aliphatic carbocycles. The van der Waals surface area contributed by atoms with Gasteiger partial charge in [0.05, 0.1) is 12.3 Å². The molecule has 0 unspecified atom stereocenters. The Morgan fingerprint density at radius 2 is 2.20 bits per heavy atom. The molecule has 7 heteroatoms. The molecule has 2 aromatic rings. The van der Waals surface area contributed by atoms with E-state index in [9.17, 15) is 9.59 Å². The lowest BCUT2D eigenvalue weighted by atomic mass is 10.4. The Morgan fingerprint density at radius 1 is 1.40 bits per heavy atom. The van der Waals surface area contributed by atoms with Crippen molar-refractivity contribution >= 4 is 46.3 Å². The average Bonchev–Trinajstić information content (AvgIpc) is 3.06. The number of hydrogen-bond donors (Lipinski definition) is 1. The molecule has 20 heavy (non-hydrogen) atoms. The minimum Gasteiger partial charge on any atom is -0.477 e. The number of hydrogen-bond acceptors (Lipinski definition) is 5. The molecule has 0 atom stereocenters. The molecule has 1 amide bonds. The van der Waals surface area contributed by atoms with Crippen molar-refractivity contribution in [2.75, 3.05) is 12.8 Å². The van der Waals surface area contributed by atoms with Gasteiger partial charge in [-0.15, -0.1) is 34.4 Å². The van der Waals surface area contributed by atoms with E-state index < -0.39 is 5.97 Å². The smallest absolute Gasteiger partial charge is 0.345 e. The van der Waals surface area contributed by atoms with Crippen molar-refractivity contribution in [1.29, 1.82) is 0 Å². The molecule has 4 nitrogen and oxygen atoms in total. The second kappa shape index (κ2) is 6.92. The summed E-state index contributed by atoms with van der Waals surface area (Å²) in [6.07, 6.45) is 0. The second-order valence-electron chi connectivity index (χ2n) is 4.07. The lowest BCUT2D eigenvalue weighted by molar-refractivity contribution is -0.127. The first kappa shape index (κ1) is 15.1. The van der Waals surface area contributed by atoms with Crippen LogP contribution >= 0.6 is 34.4 Å². The molecule has 2 heterocycles. The van der Waals surface area contributed by atoms with E-state index in [0.29, 0.717) is 17.2 Å². The molecule has 0 bridgehead atoms. The summed E-state index contributed by atoms with van der Waals surface area (Å²) in [5.74, 6) is -0.577. The largest absolute Gasteiger partial charge is 0.477 e. The van der Waals surface area contributed by atoms with Crippen molar-refractivity contribution in [3.8, 4) is 0 Å². The normalized spacial score (nSPS) is 10.4. The molecular formula is C13H13NO3S3. The van der Waals surface area contributed by atoms with Gasteiger partial charge in [-0.2, -0.15) is 0 Å². The number of amides is 1. The van der Waals surface area contributed by atoms with Crippen LogP contribution < -0.4 is 0 Å². The van der Waals surface area contributed by atoms with Crippen LogP contribution in [0.5, 0.6) is 0 Å². The molecule has 0 spiro atoms. The Bertz CT molecular complexity index is 592. The quantitative estimate of drug-likeness (QED) is 0.827. The molecule has 0 saturated carbocycles. The van der Waals surface area contributed by atoms with Gasteiger partial charge in [0.1, 0.15) is 4.88 Å². The fourth-order valence-electron chi connectivity index (χ4n) is 1.49. The summed E-state index contributed by atoms with van der Waals surface area (Å²) in [5.41, 5.74) is 0. The lowest BCUT2D eigenvalue weighted by Crippen LogP contribution is -2.27. The Morgan fingerprint density at radius 3 is 2.80 bits per heavy atom. The number of thioether (sulfide) groups is 1. The van der Waals surface area contributed by atoms with Gasteiger partial charge in [0, 0.05) is 22.2 Å². The van der Waals surface area contributed by atoms with Gasteiger partial charge < -0.3 is 10.0 Å². The fourth-order valence-corrected chi connectivity index (χ4v) is 4.05. The van der Waals surface area contributed by atoms with Gasteiger partial charge >= 0.3 is 5.97 Å². The summed E-state index contributed by atoms with van der Waals surface area (Å²) in [7, 11) is 1.78. The summed E-state index contributed by atoms with van der Waals surface area (Å²) >= 11 is 4.17. The van der Waals surface area contributed by atoms with Crippen LogP contribution in [0.3, 0.4) is 0 Å². The Labute approximate surface area is 129 Å². The fraction of sp³-hybridized carbons (Fsp3) is 0.231. The third kappa shape index (κ3) is 4.09. The minimum atomic E-state index is -0.928. The van der Waals surface area contributed by atoms with Crippen molar-refractivity contribution in [3.63, 3.8) is 0 Å². The van der Waals surface area contributed by atoms with E-state index in [2.05, 4.69) is 0 Å². The predicted octanol–water partition coefficient (Wildman–Crippen LogP) is 3.26. The molecular weight excluding hydrogens is 314 g/mol. The zero-order valence-electron chi connectivity index (χ0n) is 10.7. The summed E-state index contributed by atoms with van der Waals surface area (Å²) in [4.78, 5) is 26.7. The number of aromatic carboxylic acids is 1. The van der Waals surface area contributed by atoms with Crippen molar-refractivity contribution in [3.05, 3.63) is 38.7 Å². The first-order valence-electron chi connectivity index (χ1n) is 5.77. The Kier molecular flexibility index (Phi) is 5.22. The van der Waals surface area contributed by atoms with Crippen LogP contribution in [0.4, 0.5) is 0 Å². The third-order valence-electron chi connectivity index (χ3n) is 2.55. The molecule has 0 fully saturated rings. The van der Waals surface area contributed by atoms with Gasteiger partial charge in [0.15, 0.2) is 0 Å². The van der Waals surface area contributed by atoms with Gasteiger partial charge in [-0.05, 0) is 17.5 Å². The van der Waals surface area contributed by atoms with Crippen LogP contribution in [0.2, 0.25) is 0 Å². The second-order valence-corrected chi connectivity index (χ2v) is 7.06. The first-order valence-corrected chi connectivity index (χ1v) is 8.51. The first-order chi connectivity index (χ1) is 9.56. The molecule has 0 aliphatic rings.